The molecule has 1 spiro atoms. The molecule has 2 fully saturated rings. The Balaban J connectivity index is 1.54. The smallest absolute Gasteiger partial charge is 0.274 e. The maximum Gasteiger partial charge on any atom is 0.274 e. The lowest BCUT2D eigenvalue weighted by atomic mass is 9.88. The lowest BCUT2D eigenvalue weighted by Crippen LogP contribution is -2.68. The van der Waals surface area contributed by atoms with Crippen LogP contribution in [0.3, 0.4) is 0 Å². The number of halogens is 1. The molecule has 2 aromatic rings. The number of rotatable bonds is 5. The molecule has 1 atom stereocenters. The molecule has 2 aliphatic heterocycles. The van der Waals surface area contributed by atoms with Crippen LogP contribution < -0.4 is 15.4 Å². The number of hydrogen-bond acceptors (Lipinski definition) is 7. The highest BCUT2D eigenvalue weighted by Crippen LogP contribution is 2.41. The van der Waals surface area contributed by atoms with Gasteiger partial charge < -0.3 is 20.3 Å². The number of nitrogens with one attached hydrogen (secondary N) is 3. The minimum atomic E-state index is -3.78. The third-order valence-electron chi connectivity index (χ3n) is 7.00. The van der Waals surface area contributed by atoms with Crippen molar-refractivity contribution in [2.24, 2.45) is 0 Å². The van der Waals surface area contributed by atoms with Gasteiger partial charge in [-0.3, -0.25) is 10.2 Å². The predicted molar refractivity (Wildman–Crippen MR) is 139 cm³/mol. The van der Waals surface area contributed by atoms with Crippen LogP contribution in [0.1, 0.15) is 42.7 Å². The molecule has 1 amide bonds. The number of hydrogen-bond donors (Lipinski definition) is 3. The number of carbonyl (C=O) groups is 1. The quantitative estimate of drug-likeness (QED) is 0.511. The molecule has 4 rings (SSSR count). The van der Waals surface area contributed by atoms with Crippen LogP contribution in [0.25, 0.3) is 0 Å². The third-order valence-corrected chi connectivity index (χ3v) is 9.76. The molecule has 0 aliphatic carbocycles. The van der Waals surface area contributed by atoms with Crippen molar-refractivity contribution >= 4 is 27.3 Å². The van der Waals surface area contributed by atoms with Crippen LogP contribution in [0.2, 0.25) is 0 Å². The van der Waals surface area contributed by atoms with Crippen molar-refractivity contribution in [1.29, 1.82) is 5.41 Å². The average Bonchev–Trinajstić information content (AvgIpc) is 2.85. The van der Waals surface area contributed by atoms with Gasteiger partial charge in [0.15, 0.2) is 9.84 Å². The van der Waals surface area contributed by atoms with Crippen LogP contribution in [-0.2, 0) is 15.4 Å². The number of aromatic nitrogens is 1. The minimum absolute atomic E-state index is 0.0511. The van der Waals surface area contributed by atoms with Gasteiger partial charge >= 0.3 is 0 Å². The standard InChI is InChI=1S/C26H30FN5O4S/c1-4-5-14-36-19-7-9-22(29-16-19)23(33)30-18-6-8-21(27)20(15-18)25(2)17-37(34,35)26(24(28)31-25)10-12-32(3)13-11-26/h6-9,15-16H,10-14,17H2,1-3H3,(H2,28,31)(H,30,33)/t25-/m0/s1. The summed E-state index contributed by atoms with van der Waals surface area (Å²) in [6.07, 6.45) is 2.04. The fourth-order valence-corrected chi connectivity index (χ4v) is 7.23. The summed E-state index contributed by atoms with van der Waals surface area (Å²) in [5.74, 6) is 4.31. The van der Waals surface area contributed by atoms with Crippen LogP contribution in [0.5, 0.6) is 5.75 Å². The number of amidine groups is 1. The SMILES string of the molecule is CC#CCOc1ccc(C(=O)Nc2ccc(F)c([C@]3(C)CS(=O)(=O)C4(CCN(C)CC4)C(=N)N3)c2)nc1. The first kappa shape index (κ1) is 26.6. The number of nitrogens with zero attached hydrogens (tertiary/aromatic N) is 2. The fraction of sp³-hybridized carbons (Fsp3) is 0.423. The number of piperidine rings is 1. The summed E-state index contributed by atoms with van der Waals surface area (Å²) in [5, 5.41) is 14.3. The van der Waals surface area contributed by atoms with Crippen molar-refractivity contribution < 1.29 is 22.3 Å². The van der Waals surface area contributed by atoms with E-state index in [0.29, 0.717) is 31.7 Å². The molecule has 0 saturated carbocycles. The largest absolute Gasteiger partial charge is 0.479 e. The number of pyridine rings is 1. The van der Waals surface area contributed by atoms with Crippen LogP contribution in [0.4, 0.5) is 10.1 Å². The van der Waals surface area contributed by atoms with E-state index < -0.39 is 31.8 Å². The molecule has 196 valence electrons. The molecule has 0 unspecified atom stereocenters. The molecule has 37 heavy (non-hydrogen) atoms. The van der Waals surface area contributed by atoms with Gasteiger partial charge in [-0.2, -0.15) is 0 Å². The molecule has 11 heteroatoms. The second-order valence-corrected chi connectivity index (χ2v) is 11.9. The van der Waals surface area contributed by atoms with E-state index in [2.05, 4.69) is 27.5 Å². The molecular weight excluding hydrogens is 497 g/mol. The number of sulfone groups is 1. The van der Waals surface area contributed by atoms with Crippen LogP contribution >= 0.6 is 0 Å². The van der Waals surface area contributed by atoms with Crippen LogP contribution in [0.15, 0.2) is 36.5 Å². The number of carbonyl (C=O) groups excluding carboxylic acids is 1. The number of anilines is 1. The maximum atomic E-state index is 15.0. The highest BCUT2D eigenvalue weighted by atomic mass is 32.2. The minimum Gasteiger partial charge on any atom is -0.479 e. The Hall–Kier alpha value is -3.49. The monoisotopic (exact) mass is 527 g/mol. The van der Waals surface area contributed by atoms with Gasteiger partial charge in [-0.1, -0.05) is 5.92 Å². The van der Waals surface area contributed by atoms with Crippen molar-refractivity contribution in [1.82, 2.24) is 15.2 Å². The van der Waals surface area contributed by atoms with E-state index in [1.54, 1.807) is 19.9 Å². The van der Waals surface area contributed by atoms with E-state index in [1.807, 2.05) is 11.9 Å². The lowest BCUT2D eigenvalue weighted by Gasteiger charge is -2.49. The Morgan fingerprint density at radius 1 is 1.30 bits per heavy atom. The molecule has 3 N–H and O–H groups in total. The topological polar surface area (TPSA) is 124 Å². The van der Waals surface area contributed by atoms with Crippen molar-refractivity contribution in [3.05, 3.63) is 53.6 Å². The van der Waals surface area contributed by atoms with Gasteiger partial charge in [-0.05, 0) is 77.2 Å². The number of ether oxygens (including phenoxy) is 1. The summed E-state index contributed by atoms with van der Waals surface area (Å²) < 4.78 is 46.2. The summed E-state index contributed by atoms with van der Waals surface area (Å²) in [6, 6.07) is 7.05. The van der Waals surface area contributed by atoms with Gasteiger partial charge in [0, 0.05) is 11.3 Å². The third kappa shape index (κ3) is 5.17. The van der Waals surface area contributed by atoms with Gasteiger partial charge in [0.25, 0.3) is 5.91 Å². The Morgan fingerprint density at radius 3 is 2.65 bits per heavy atom. The van der Waals surface area contributed by atoms with E-state index in [0.717, 1.165) is 0 Å². The van der Waals surface area contributed by atoms with Crippen LogP contribution in [-0.4, -0.2) is 67.3 Å². The molecule has 0 bridgehead atoms. The van der Waals surface area contributed by atoms with E-state index in [9.17, 15) is 13.2 Å². The zero-order valence-corrected chi connectivity index (χ0v) is 21.8. The van der Waals surface area contributed by atoms with E-state index in [4.69, 9.17) is 10.1 Å². The first-order valence-electron chi connectivity index (χ1n) is 11.9. The first-order chi connectivity index (χ1) is 17.5. The summed E-state index contributed by atoms with van der Waals surface area (Å²) >= 11 is 0. The second kappa shape index (κ2) is 10.1. The maximum absolute atomic E-state index is 15.0. The summed E-state index contributed by atoms with van der Waals surface area (Å²) in [5.41, 5.74) is -0.938. The van der Waals surface area contributed by atoms with Gasteiger partial charge in [0.05, 0.1) is 17.5 Å². The van der Waals surface area contributed by atoms with Gasteiger partial charge in [0.2, 0.25) is 0 Å². The zero-order valence-electron chi connectivity index (χ0n) is 21.0. The van der Waals surface area contributed by atoms with Gasteiger partial charge in [0.1, 0.15) is 34.5 Å². The Morgan fingerprint density at radius 2 is 2.03 bits per heavy atom. The van der Waals surface area contributed by atoms with E-state index in [1.165, 1.54) is 30.5 Å². The second-order valence-electron chi connectivity index (χ2n) is 9.63. The Labute approximate surface area is 216 Å². The lowest BCUT2D eigenvalue weighted by molar-refractivity contribution is 0.102. The molecule has 2 saturated heterocycles. The first-order valence-corrected chi connectivity index (χ1v) is 13.5. The van der Waals surface area contributed by atoms with Gasteiger partial charge in [-0.25, -0.2) is 17.8 Å². The van der Waals surface area contributed by atoms with E-state index >= 15 is 4.39 Å². The Kier molecular flexibility index (Phi) is 7.26. The summed E-state index contributed by atoms with van der Waals surface area (Å²) in [4.78, 5) is 18.9. The summed E-state index contributed by atoms with van der Waals surface area (Å²) in [7, 11) is -1.87. The number of amides is 1. The predicted octanol–water partition coefficient (Wildman–Crippen LogP) is 2.55. The van der Waals surface area contributed by atoms with Crippen molar-refractivity contribution in [2.45, 2.75) is 37.0 Å². The highest BCUT2D eigenvalue weighted by molar-refractivity contribution is 7.93. The van der Waals surface area contributed by atoms with Crippen molar-refractivity contribution in [2.75, 3.05) is 37.8 Å². The molecule has 9 nitrogen and oxygen atoms in total. The molecule has 1 aromatic heterocycles. The van der Waals surface area contributed by atoms with Crippen molar-refractivity contribution in [3.63, 3.8) is 0 Å². The van der Waals surface area contributed by atoms with Gasteiger partial charge in [-0.15, -0.1) is 5.92 Å². The molecular formula is C26H30FN5O4S. The van der Waals surface area contributed by atoms with E-state index in [-0.39, 0.29) is 35.1 Å². The summed E-state index contributed by atoms with van der Waals surface area (Å²) in [6.45, 7) is 4.60. The highest BCUT2D eigenvalue weighted by Gasteiger charge is 2.57. The normalized spacial score (nSPS) is 22.4. The molecule has 0 radical (unpaired) electrons. The fourth-order valence-electron chi connectivity index (χ4n) is 4.80. The van der Waals surface area contributed by atoms with Crippen molar-refractivity contribution in [3.8, 4) is 17.6 Å². The molecule has 3 heterocycles. The molecule has 2 aliphatic rings. The molecule has 1 aromatic carbocycles. The number of benzene rings is 1. The number of likely N-dealkylation sites (tertiary alicyclic amines) is 1. The zero-order chi connectivity index (χ0) is 26.8. The average molecular weight is 528 g/mol. The Bertz CT molecular complexity index is 1380. The van der Waals surface area contributed by atoms with Crippen LogP contribution in [0, 0.1) is 23.1 Å².